The van der Waals surface area contributed by atoms with Crippen LogP contribution in [0.15, 0.2) is 24.3 Å². The maximum atomic E-state index is 13.0. The first-order valence-corrected chi connectivity index (χ1v) is 18.6. The lowest BCUT2D eigenvalue weighted by molar-refractivity contribution is -0.384. The topological polar surface area (TPSA) is 155 Å². The van der Waals surface area contributed by atoms with E-state index in [-0.39, 0.29) is 56.5 Å². The standard InChI is InChI=1S/C39H55NO10/c1-21-19-25(32(35(5,6)44)47-22(2)41)49-30-29(21)36(7)17-18-39-20-38(39)16-15-28(50-33(43)48-24-11-9-23(10-12-24)40(45)46)34(3,4)26(38)13-14-27(39)37(36,8)31(30)42/h9-12,21,25-32,42,44H,13-20H2,1-8H3/t21-,25?,26?,27?,28?,29+,30?,31+,32?,36?,37-,38?,39?/m1/s1. The van der Waals surface area contributed by atoms with Gasteiger partial charge in [0.2, 0.25) is 0 Å². The molecule has 1 heterocycles. The van der Waals surface area contributed by atoms with E-state index in [4.69, 9.17) is 18.9 Å². The molecule has 0 aromatic heterocycles. The second-order valence-corrected chi connectivity index (χ2v) is 18.4. The Morgan fingerprint density at radius 1 is 1.02 bits per heavy atom. The van der Waals surface area contributed by atoms with Gasteiger partial charge in [-0.3, -0.25) is 14.9 Å². The number of carbonyl (C=O) groups excluding carboxylic acids is 2. The van der Waals surface area contributed by atoms with Crippen molar-refractivity contribution in [2.45, 2.75) is 143 Å². The van der Waals surface area contributed by atoms with Gasteiger partial charge in [-0.1, -0.05) is 34.6 Å². The summed E-state index contributed by atoms with van der Waals surface area (Å²) in [5.41, 5.74) is -1.96. The molecule has 11 nitrogen and oxygen atoms in total. The fourth-order valence-corrected chi connectivity index (χ4v) is 13.4. The Morgan fingerprint density at radius 3 is 2.28 bits per heavy atom. The van der Waals surface area contributed by atoms with Gasteiger partial charge in [0.05, 0.1) is 28.8 Å². The zero-order valence-electron chi connectivity index (χ0n) is 30.8. The number of nitro groups is 1. The lowest BCUT2D eigenvalue weighted by Crippen LogP contribution is -2.60. The van der Waals surface area contributed by atoms with Crippen molar-refractivity contribution in [3.05, 3.63) is 34.4 Å². The molecule has 1 aromatic rings. The minimum atomic E-state index is -1.30. The third-order valence-electron chi connectivity index (χ3n) is 15.6. The van der Waals surface area contributed by atoms with E-state index in [1.54, 1.807) is 13.8 Å². The Morgan fingerprint density at radius 2 is 1.66 bits per heavy atom. The van der Waals surface area contributed by atoms with Crippen LogP contribution in [0.1, 0.15) is 107 Å². The zero-order valence-corrected chi connectivity index (χ0v) is 30.8. The number of esters is 1. The zero-order chi connectivity index (χ0) is 36.4. The van der Waals surface area contributed by atoms with Crippen LogP contribution >= 0.6 is 0 Å². The van der Waals surface area contributed by atoms with Gasteiger partial charge in [0.15, 0.2) is 6.10 Å². The number of non-ortho nitro benzene ring substituents is 1. The second-order valence-electron chi connectivity index (χ2n) is 18.4. The molecule has 1 aliphatic heterocycles. The highest BCUT2D eigenvalue weighted by Crippen LogP contribution is 2.89. The molecule has 6 fully saturated rings. The number of rotatable bonds is 6. The molecule has 9 unspecified atom stereocenters. The lowest BCUT2D eigenvalue weighted by atomic mass is 9.41. The van der Waals surface area contributed by atoms with Crippen LogP contribution in [0.4, 0.5) is 10.5 Å². The van der Waals surface area contributed by atoms with Crippen molar-refractivity contribution < 1.29 is 43.7 Å². The second kappa shape index (κ2) is 11.4. The molecule has 5 aliphatic carbocycles. The normalized spacial score (nSPS) is 44.6. The minimum absolute atomic E-state index is 0.0796. The van der Waals surface area contributed by atoms with Crippen LogP contribution in [-0.2, 0) is 19.0 Å². The van der Waals surface area contributed by atoms with E-state index in [2.05, 4.69) is 34.6 Å². The summed E-state index contributed by atoms with van der Waals surface area (Å²) >= 11 is 0. The molecule has 6 aliphatic rings. The van der Waals surface area contributed by atoms with Crippen LogP contribution in [0.3, 0.4) is 0 Å². The molecule has 5 saturated carbocycles. The number of benzene rings is 1. The molecule has 276 valence electrons. The van der Waals surface area contributed by atoms with Gasteiger partial charge in [0, 0.05) is 29.9 Å². The number of hydrogen-bond acceptors (Lipinski definition) is 10. The maximum absolute atomic E-state index is 13.0. The Kier molecular flexibility index (Phi) is 8.10. The predicted octanol–water partition coefficient (Wildman–Crippen LogP) is 6.99. The number of ether oxygens (including phenoxy) is 4. The third kappa shape index (κ3) is 4.84. The highest BCUT2D eigenvalue weighted by molar-refractivity contribution is 5.66. The molecular formula is C39H55NO10. The summed E-state index contributed by atoms with van der Waals surface area (Å²) in [5.74, 6) is 0.757. The largest absolute Gasteiger partial charge is 0.514 e. The fraction of sp³-hybridized carbons (Fsp3) is 0.795. The average Bonchev–Trinajstić information content (AvgIpc) is 3.65. The van der Waals surface area contributed by atoms with Crippen molar-refractivity contribution in [1.29, 1.82) is 0 Å². The molecule has 1 saturated heterocycles. The molecule has 0 amide bonds. The van der Waals surface area contributed by atoms with E-state index in [1.807, 2.05) is 0 Å². The van der Waals surface area contributed by atoms with E-state index in [1.165, 1.54) is 31.2 Å². The Labute approximate surface area is 294 Å². The first kappa shape index (κ1) is 35.6. The van der Waals surface area contributed by atoms with E-state index >= 15 is 0 Å². The molecule has 2 spiro atoms. The van der Waals surface area contributed by atoms with Gasteiger partial charge in [-0.05, 0) is 117 Å². The van der Waals surface area contributed by atoms with Crippen molar-refractivity contribution in [2.75, 3.05) is 0 Å². The van der Waals surface area contributed by atoms with Crippen LogP contribution in [0.2, 0.25) is 0 Å². The highest BCUT2D eigenvalue weighted by Gasteiger charge is 2.85. The summed E-state index contributed by atoms with van der Waals surface area (Å²) in [6.45, 7) is 16.0. The summed E-state index contributed by atoms with van der Waals surface area (Å²) in [6.07, 6.45) is 3.95. The van der Waals surface area contributed by atoms with Crippen molar-refractivity contribution in [3.63, 3.8) is 0 Å². The Balaban J connectivity index is 1.10. The van der Waals surface area contributed by atoms with Crippen LogP contribution in [0.25, 0.3) is 0 Å². The number of hydrogen-bond donors (Lipinski definition) is 2. The van der Waals surface area contributed by atoms with Crippen molar-refractivity contribution in [3.8, 4) is 5.75 Å². The lowest BCUT2D eigenvalue weighted by Gasteiger charge is -2.63. The van der Waals surface area contributed by atoms with Gasteiger partial charge in [-0.25, -0.2) is 4.79 Å². The van der Waals surface area contributed by atoms with E-state index in [0.717, 1.165) is 44.9 Å². The predicted molar refractivity (Wildman–Crippen MR) is 182 cm³/mol. The van der Waals surface area contributed by atoms with Crippen molar-refractivity contribution in [2.24, 2.45) is 50.7 Å². The molecule has 7 rings (SSSR count). The Bertz CT molecular complexity index is 1550. The minimum Gasteiger partial charge on any atom is -0.457 e. The number of nitro benzene ring substituents is 1. The van der Waals surface area contributed by atoms with Gasteiger partial charge < -0.3 is 29.2 Å². The first-order valence-electron chi connectivity index (χ1n) is 18.6. The Hall–Kier alpha value is -2.76. The molecule has 13 atom stereocenters. The third-order valence-corrected chi connectivity index (χ3v) is 15.6. The fourth-order valence-electron chi connectivity index (χ4n) is 13.4. The number of carbonyl (C=O) groups is 2. The number of nitrogens with zero attached hydrogens (tertiary/aromatic N) is 1. The van der Waals surface area contributed by atoms with E-state index < -0.39 is 47.1 Å². The smallest absolute Gasteiger partial charge is 0.457 e. The van der Waals surface area contributed by atoms with E-state index in [0.29, 0.717) is 18.3 Å². The van der Waals surface area contributed by atoms with Crippen LogP contribution in [0, 0.1) is 60.9 Å². The summed E-state index contributed by atoms with van der Waals surface area (Å²) < 4.78 is 23.9. The molecule has 50 heavy (non-hydrogen) atoms. The first-order chi connectivity index (χ1) is 23.2. The van der Waals surface area contributed by atoms with Gasteiger partial charge in [0.25, 0.3) is 5.69 Å². The number of fused-ring (bicyclic) bond motifs is 4. The molecular weight excluding hydrogens is 642 g/mol. The molecule has 0 radical (unpaired) electrons. The molecule has 0 bridgehead atoms. The van der Waals surface area contributed by atoms with Crippen LogP contribution < -0.4 is 4.74 Å². The molecule has 11 heteroatoms. The van der Waals surface area contributed by atoms with Crippen molar-refractivity contribution in [1.82, 2.24) is 0 Å². The van der Waals surface area contributed by atoms with Gasteiger partial charge in [0.1, 0.15) is 11.9 Å². The SMILES string of the molecule is CC(=O)OC(C1C[C@@H](C)[C@H]2C(O1)[C@H](O)[C@@]1(C)C3CCC4C(C)(C)C(OC(=O)Oc5ccc([N+](=O)[O-])cc5)CCC45CC35CCC21C)C(C)(C)O. The summed E-state index contributed by atoms with van der Waals surface area (Å²) in [5, 5.41) is 34.5. The molecule has 1 aromatic carbocycles. The average molecular weight is 698 g/mol. The number of aliphatic hydroxyl groups is 2. The van der Waals surface area contributed by atoms with Crippen LogP contribution in [-0.4, -0.2) is 63.4 Å². The van der Waals surface area contributed by atoms with Crippen molar-refractivity contribution >= 4 is 17.8 Å². The monoisotopic (exact) mass is 697 g/mol. The summed E-state index contributed by atoms with van der Waals surface area (Å²) in [7, 11) is 0. The van der Waals surface area contributed by atoms with Crippen LogP contribution in [0.5, 0.6) is 5.75 Å². The van der Waals surface area contributed by atoms with Gasteiger partial charge in [-0.15, -0.1) is 0 Å². The van der Waals surface area contributed by atoms with Gasteiger partial charge >= 0.3 is 12.1 Å². The summed E-state index contributed by atoms with van der Waals surface area (Å²) in [4.78, 5) is 35.5. The maximum Gasteiger partial charge on any atom is 0.514 e. The quantitative estimate of drug-likeness (QED) is 0.138. The highest BCUT2D eigenvalue weighted by atomic mass is 16.7. The number of aliphatic hydroxyl groups excluding tert-OH is 1. The van der Waals surface area contributed by atoms with Gasteiger partial charge in [-0.2, -0.15) is 0 Å². The molecule has 2 N–H and O–H groups in total. The van der Waals surface area contributed by atoms with E-state index in [9.17, 15) is 29.9 Å². The summed E-state index contributed by atoms with van der Waals surface area (Å²) in [6, 6.07) is 5.40.